The third-order valence-corrected chi connectivity index (χ3v) is 2.35. The van der Waals surface area contributed by atoms with Gasteiger partial charge < -0.3 is 5.41 Å². The number of hydrogen-bond donors (Lipinski definition) is 1. The lowest BCUT2D eigenvalue weighted by Gasteiger charge is -2.08. The van der Waals surface area contributed by atoms with E-state index in [2.05, 4.69) is 13.8 Å². The van der Waals surface area contributed by atoms with Gasteiger partial charge in [0.15, 0.2) is 0 Å². The maximum atomic E-state index is 6.91. The van der Waals surface area contributed by atoms with Gasteiger partial charge in [-0.2, -0.15) is 0 Å². The minimum Gasteiger partial charge on any atom is -0.313 e. The van der Waals surface area contributed by atoms with Gasteiger partial charge in [0.1, 0.15) is 0 Å². The van der Waals surface area contributed by atoms with Crippen molar-refractivity contribution in [3.63, 3.8) is 0 Å². The molecule has 1 N–H and O–H groups in total. The van der Waals surface area contributed by atoms with E-state index in [-0.39, 0.29) is 0 Å². The van der Waals surface area contributed by atoms with E-state index >= 15 is 0 Å². The first-order valence-electron chi connectivity index (χ1n) is 5.30. The van der Waals surface area contributed by atoms with Crippen LogP contribution in [0.4, 0.5) is 0 Å². The summed E-state index contributed by atoms with van der Waals surface area (Å²) in [5.41, 5.74) is 0. The van der Waals surface area contributed by atoms with Crippen LogP contribution in [0, 0.1) is 11.3 Å². The molecule has 12 heavy (non-hydrogen) atoms. The first kappa shape index (κ1) is 11.7. The molecule has 0 fully saturated rings. The van der Waals surface area contributed by atoms with Crippen LogP contribution in [0.5, 0.6) is 0 Å². The summed E-state index contributed by atoms with van der Waals surface area (Å²) < 4.78 is 0. The van der Waals surface area contributed by atoms with Gasteiger partial charge in [0, 0.05) is 0 Å². The fourth-order valence-corrected chi connectivity index (χ4v) is 1.43. The summed E-state index contributed by atoms with van der Waals surface area (Å²) in [6.07, 6.45) is 10.5. The minimum atomic E-state index is 0.823. The summed E-state index contributed by atoms with van der Waals surface area (Å²) in [6, 6.07) is 0. The van der Waals surface area contributed by atoms with Gasteiger partial charge in [-0.1, -0.05) is 46.0 Å². The van der Waals surface area contributed by atoms with Crippen molar-refractivity contribution in [3.05, 3.63) is 0 Å². The molecule has 0 amide bonds. The van der Waals surface area contributed by atoms with Crippen LogP contribution in [0.15, 0.2) is 0 Å². The molecule has 1 atom stereocenters. The number of nitrogens with one attached hydrogen (secondary N) is 1. The molecule has 0 spiro atoms. The van der Waals surface area contributed by atoms with Crippen molar-refractivity contribution in [2.24, 2.45) is 5.92 Å². The largest absolute Gasteiger partial charge is 0.313 e. The molecule has 0 aromatic carbocycles. The fraction of sp³-hybridized carbons (Fsp3) is 0.909. The van der Waals surface area contributed by atoms with E-state index in [0.717, 1.165) is 12.3 Å². The quantitative estimate of drug-likeness (QED) is 0.419. The number of hydrogen-bond acceptors (Lipinski definition) is 1. The fourth-order valence-electron chi connectivity index (χ4n) is 1.43. The van der Waals surface area contributed by atoms with Crippen LogP contribution in [0.3, 0.4) is 0 Å². The van der Waals surface area contributed by atoms with Gasteiger partial charge in [0.25, 0.3) is 0 Å². The smallest absolute Gasteiger partial charge is 0.00476 e. The van der Waals surface area contributed by atoms with E-state index < -0.39 is 0 Å². The first-order valence-corrected chi connectivity index (χ1v) is 5.30. The molecule has 0 bridgehead atoms. The van der Waals surface area contributed by atoms with Crippen molar-refractivity contribution in [2.45, 2.75) is 58.8 Å². The van der Waals surface area contributed by atoms with Crippen molar-refractivity contribution in [1.82, 2.24) is 0 Å². The standard InChI is InChI=1S/C11H23N/c1-3-4-5-6-8-11(2)9-7-10-12/h10-12H,3-9H2,1-2H3. The SMILES string of the molecule is CCCCCCC(C)CCC=N. The highest BCUT2D eigenvalue weighted by Crippen LogP contribution is 2.14. The Morgan fingerprint density at radius 3 is 2.50 bits per heavy atom. The Labute approximate surface area is 77.1 Å². The second-order valence-corrected chi connectivity index (χ2v) is 3.74. The lowest BCUT2D eigenvalue weighted by Crippen LogP contribution is -1.94. The predicted molar refractivity (Wildman–Crippen MR) is 55.9 cm³/mol. The van der Waals surface area contributed by atoms with Crippen molar-refractivity contribution in [1.29, 1.82) is 5.41 Å². The molecule has 0 saturated heterocycles. The normalized spacial score (nSPS) is 12.8. The van der Waals surface area contributed by atoms with Crippen LogP contribution < -0.4 is 0 Å². The Bertz CT molecular complexity index is 99.2. The molecule has 0 heterocycles. The van der Waals surface area contributed by atoms with Crippen molar-refractivity contribution < 1.29 is 0 Å². The third-order valence-electron chi connectivity index (χ3n) is 2.35. The molecule has 1 unspecified atom stereocenters. The summed E-state index contributed by atoms with van der Waals surface area (Å²) in [4.78, 5) is 0. The van der Waals surface area contributed by atoms with Gasteiger partial charge >= 0.3 is 0 Å². The molecule has 0 aromatic rings. The van der Waals surface area contributed by atoms with Gasteiger partial charge in [0.2, 0.25) is 0 Å². The molecule has 0 aliphatic carbocycles. The van der Waals surface area contributed by atoms with Gasteiger partial charge in [-0.3, -0.25) is 0 Å². The zero-order chi connectivity index (χ0) is 9.23. The van der Waals surface area contributed by atoms with E-state index in [0.29, 0.717) is 0 Å². The van der Waals surface area contributed by atoms with E-state index in [1.165, 1.54) is 44.7 Å². The zero-order valence-corrected chi connectivity index (χ0v) is 8.60. The highest BCUT2D eigenvalue weighted by molar-refractivity contribution is 5.52. The van der Waals surface area contributed by atoms with Gasteiger partial charge in [0.05, 0.1) is 0 Å². The van der Waals surface area contributed by atoms with Gasteiger partial charge in [-0.15, -0.1) is 0 Å². The molecule has 72 valence electrons. The second-order valence-electron chi connectivity index (χ2n) is 3.74. The van der Waals surface area contributed by atoms with Crippen LogP contribution in [0.1, 0.15) is 58.8 Å². The minimum absolute atomic E-state index is 0.823. The third kappa shape index (κ3) is 7.77. The first-order chi connectivity index (χ1) is 5.81. The van der Waals surface area contributed by atoms with Crippen LogP contribution in [-0.4, -0.2) is 6.21 Å². The Morgan fingerprint density at radius 1 is 1.17 bits per heavy atom. The summed E-state index contributed by atoms with van der Waals surface area (Å²) in [5, 5.41) is 6.91. The highest BCUT2D eigenvalue weighted by Gasteiger charge is 1.99. The molecule has 0 radical (unpaired) electrons. The van der Waals surface area contributed by atoms with Crippen molar-refractivity contribution in [3.8, 4) is 0 Å². The maximum Gasteiger partial charge on any atom is -0.00476 e. The molecule has 1 nitrogen and oxygen atoms in total. The van der Waals surface area contributed by atoms with E-state index in [4.69, 9.17) is 5.41 Å². The Balaban J connectivity index is 3.07. The molecule has 0 aliphatic rings. The molecule has 0 saturated carbocycles. The molecular weight excluding hydrogens is 146 g/mol. The van der Waals surface area contributed by atoms with Gasteiger partial charge in [-0.25, -0.2) is 0 Å². The summed E-state index contributed by atoms with van der Waals surface area (Å²) in [7, 11) is 0. The van der Waals surface area contributed by atoms with Crippen LogP contribution in [0.25, 0.3) is 0 Å². The van der Waals surface area contributed by atoms with Crippen molar-refractivity contribution >= 4 is 6.21 Å². The molecule has 1 heteroatoms. The Hall–Kier alpha value is -0.330. The molecule has 0 aromatic heterocycles. The number of unbranched alkanes of at least 4 members (excludes halogenated alkanes) is 3. The predicted octanol–water partition coefficient (Wildman–Crippen LogP) is 4.02. The lowest BCUT2D eigenvalue weighted by molar-refractivity contribution is 0.468. The van der Waals surface area contributed by atoms with E-state index in [1.807, 2.05) is 0 Å². The zero-order valence-electron chi connectivity index (χ0n) is 8.60. The van der Waals surface area contributed by atoms with Crippen LogP contribution in [-0.2, 0) is 0 Å². The Kier molecular flexibility index (Phi) is 8.52. The lowest BCUT2D eigenvalue weighted by atomic mass is 9.98. The van der Waals surface area contributed by atoms with Gasteiger partial charge in [-0.05, 0) is 25.0 Å². The Morgan fingerprint density at radius 2 is 1.92 bits per heavy atom. The monoisotopic (exact) mass is 169 g/mol. The summed E-state index contributed by atoms with van der Waals surface area (Å²) in [6.45, 7) is 4.55. The number of rotatable bonds is 8. The molecular formula is C11H23N. The topological polar surface area (TPSA) is 23.9 Å². The molecule has 0 aliphatic heterocycles. The van der Waals surface area contributed by atoms with E-state index in [9.17, 15) is 0 Å². The second kappa shape index (κ2) is 8.76. The average Bonchev–Trinajstić information content (AvgIpc) is 2.09. The maximum absolute atomic E-state index is 6.91. The molecule has 0 rings (SSSR count). The highest BCUT2D eigenvalue weighted by atomic mass is 14.3. The van der Waals surface area contributed by atoms with Crippen LogP contribution >= 0.6 is 0 Å². The van der Waals surface area contributed by atoms with Crippen LogP contribution in [0.2, 0.25) is 0 Å². The summed E-state index contributed by atoms with van der Waals surface area (Å²) >= 11 is 0. The van der Waals surface area contributed by atoms with E-state index in [1.54, 1.807) is 0 Å². The summed E-state index contributed by atoms with van der Waals surface area (Å²) in [5.74, 6) is 0.823. The van der Waals surface area contributed by atoms with Crippen molar-refractivity contribution in [2.75, 3.05) is 0 Å². The average molecular weight is 169 g/mol.